The van der Waals surface area contributed by atoms with Gasteiger partial charge in [-0.25, -0.2) is 0 Å². The van der Waals surface area contributed by atoms with E-state index < -0.39 is 11.4 Å². The first kappa shape index (κ1) is 11.7. The van der Waals surface area contributed by atoms with Crippen LogP contribution in [0.1, 0.15) is 29.7 Å². The monoisotopic (exact) mass is 237 g/mol. The van der Waals surface area contributed by atoms with E-state index in [1.807, 2.05) is 0 Å². The van der Waals surface area contributed by atoms with Crippen molar-refractivity contribution >= 4 is 11.9 Å². The Labute approximate surface area is 99.0 Å². The fourth-order valence-electron chi connectivity index (χ4n) is 2.01. The Kier molecular flexibility index (Phi) is 2.69. The highest BCUT2D eigenvalue weighted by molar-refractivity contribution is 5.92. The van der Waals surface area contributed by atoms with Crippen molar-refractivity contribution in [3.05, 3.63) is 23.7 Å². The Bertz CT molecular complexity index is 465. The molecule has 17 heavy (non-hydrogen) atoms. The maximum Gasteiger partial charge on any atom is 0.311 e. The Hall–Kier alpha value is -1.78. The van der Waals surface area contributed by atoms with Crippen LogP contribution in [0.5, 0.6) is 0 Å². The van der Waals surface area contributed by atoms with Gasteiger partial charge in [0.15, 0.2) is 5.76 Å². The summed E-state index contributed by atoms with van der Waals surface area (Å²) in [7, 11) is 0. The Morgan fingerprint density at radius 1 is 1.47 bits per heavy atom. The molecule has 1 aliphatic rings. The molecule has 1 aromatic heterocycles. The molecular formula is C12H15NO4. The van der Waals surface area contributed by atoms with E-state index in [1.165, 1.54) is 4.90 Å². The number of rotatable bonds is 2. The van der Waals surface area contributed by atoms with E-state index in [1.54, 1.807) is 26.0 Å². The Balaban J connectivity index is 2.11. The highest BCUT2D eigenvalue weighted by Gasteiger charge is 2.42. The summed E-state index contributed by atoms with van der Waals surface area (Å²) in [6.07, 6.45) is 0.480. The molecule has 1 fully saturated rings. The molecule has 5 heteroatoms. The van der Waals surface area contributed by atoms with Crippen molar-refractivity contribution in [3.8, 4) is 0 Å². The van der Waals surface area contributed by atoms with Crippen molar-refractivity contribution in [2.75, 3.05) is 13.1 Å². The highest BCUT2D eigenvalue weighted by atomic mass is 16.4. The van der Waals surface area contributed by atoms with Gasteiger partial charge in [-0.15, -0.1) is 0 Å². The molecule has 0 aliphatic carbocycles. The lowest BCUT2D eigenvalue weighted by Crippen LogP contribution is -2.34. The minimum Gasteiger partial charge on any atom is -0.481 e. The predicted octanol–water partition coefficient (Wildman–Crippen LogP) is 1.52. The summed E-state index contributed by atoms with van der Waals surface area (Å²) in [6, 6.07) is 3.34. The third kappa shape index (κ3) is 2.05. The number of carboxylic acids is 1. The van der Waals surface area contributed by atoms with E-state index >= 15 is 0 Å². The van der Waals surface area contributed by atoms with Crippen LogP contribution in [0.4, 0.5) is 0 Å². The van der Waals surface area contributed by atoms with Gasteiger partial charge in [-0.2, -0.15) is 0 Å². The number of hydrogen-bond acceptors (Lipinski definition) is 3. The molecule has 2 rings (SSSR count). The van der Waals surface area contributed by atoms with Gasteiger partial charge in [-0.3, -0.25) is 9.59 Å². The molecule has 0 bridgehead atoms. The molecule has 1 aliphatic heterocycles. The number of aliphatic carboxylic acids is 1. The van der Waals surface area contributed by atoms with E-state index in [-0.39, 0.29) is 18.2 Å². The topological polar surface area (TPSA) is 70.8 Å². The van der Waals surface area contributed by atoms with Crippen LogP contribution in [0, 0.1) is 12.3 Å². The van der Waals surface area contributed by atoms with Gasteiger partial charge in [-0.1, -0.05) is 0 Å². The number of furan rings is 1. The Morgan fingerprint density at radius 2 is 2.18 bits per heavy atom. The average molecular weight is 237 g/mol. The van der Waals surface area contributed by atoms with Crippen molar-refractivity contribution in [2.45, 2.75) is 20.3 Å². The van der Waals surface area contributed by atoms with Gasteiger partial charge in [0, 0.05) is 13.1 Å². The summed E-state index contributed by atoms with van der Waals surface area (Å²) in [5.41, 5.74) is -0.836. The fraction of sp³-hybridized carbons (Fsp3) is 0.500. The molecule has 0 saturated carbocycles. The first-order valence-electron chi connectivity index (χ1n) is 5.51. The molecule has 0 unspecified atom stereocenters. The summed E-state index contributed by atoms with van der Waals surface area (Å²) in [4.78, 5) is 24.6. The van der Waals surface area contributed by atoms with Crippen LogP contribution < -0.4 is 0 Å². The second-order valence-electron chi connectivity index (χ2n) is 4.75. The molecule has 0 radical (unpaired) electrons. The molecule has 92 valence electrons. The molecule has 0 spiro atoms. The van der Waals surface area contributed by atoms with Crippen LogP contribution in [-0.4, -0.2) is 35.0 Å². The normalized spacial score (nSPS) is 24.0. The lowest BCUT2D eigenvalue weighted by Gasteiger charge is -2.19. The maximum atomic E-state index is 12.0. The van der Waals surface area contributed by atoms with Crippen LogP contribution in [0.15, 0.2) is 16.5 Å². The van der Waals surface area contributed by atoms with Crippen molar-refractivity contribution < 1.29 is 19.1 Å². The summed E-state index contributed by atoms with van der Waals surface area (Å²) in [6.45, 7) is 4.13. The average Bonchev–Trinajstić information content (AvgIpc) is 2.85. The number of carbonyl (C=O) groups excluding carboxylic acids is 1. The number of amides is 1. The number of carbonyl (C=O) groups is 2. The molecular weight excluding hydrogens is 222 g/mol. The molecule has 1 atom stereocenters. The zero-order valence-electron chi connectivity index (χ0n) is 9.90. The van der Waals surface area contributed by atoms with E-state index in [0.717, 1.165) is 0 Å². The number of likely N-dealkylation sites (tertiary alicyclic amines) is 1. The highest BCUT2D eigenvalue weighted by Crippen LogP contribution is 2.31. The third-order valence-electron chi connectivity index (χ3n) is 3.23. The number of aryl methyl sites for hydroxylation is 1. The molecule has 5 nitrogen and oxygen atoms in total. The molecule has 0 aromatic carbocycles. The van der Waals surface area contributed by atoms with Gasteiger partial charge in [0.25, 0.3) is 5.91 Å². The fourth-order valence-corrected chi connectivity index (χ4v) is 2.01. The van der Waals surface area contributed by atoms with Crippen molar-refractivity contribution in [3.63, 3.8) is 0 Å². The number of hydrogen-bond donors (Lipinski definition) is 1. The zero-order valence-corrected chi connectivity index (χ0v) is 9.90. The quantitative estimate of drug-likeness (QED) is 0.846. The number of nitrogens with zero attached hydrogens (tertiary/aromatic N) is 1. The smallest absolute Gasteiger partial charge is 0.311 e. The van der Waals surface area contributed by atoms with Crippen molar-refractivity contribution in [1.82, 2.24) is 4.90 Å². The largest absolute Gasteiger partial charge is 0.481 e. The second kappa shape index (κ2) is 3.91. The lowest BCUT2D eigenvalue weighted by atomic mass is 9.90. The van der Waals surface area contributed by atoms with Crippen LogP contribution >= 0.6 is 0 Å². The number of carboxylic acid groups (broad SMARTS) is 1. The van der Waals surface area contributed by atoms with Crippen molar-refractivity contribution in [1.29, 1.82) is 0 Å². The summed E-state index contributed by atoms with van der Waals surface area (Å²) in [5.74, 6) is -0.141. The zero-order chi connectivity index (χ0) is 12.6. The maximum absolute atomic E-state index is 12.0. The molecule has 1 amide bonds. The van der Waals surface area contributed by atoms with Crippen LogP contribution in [0.25, 0.3) is 0 Å². The third-order valence-corrected chi connectivity index (χ3v) is 3.23. The van der Waals surface area contributed by atoms with E-state index in [9.17, 15) is 9.59 Å². The van der Waals surface area contributed by atoms with Gasteiger partial charge in [0.2, 0.25) is 0 Å². The lowest BCUT2D eigenvalue weighted by molar-refractivity contribution is -0.147. The summed E-state index contributed by atoms with van der Waals surface area (Å²) in [5, 5.41) is 9.09. The van der Waals surface area contributed by atoms with E-state index in [0.29, 0.717) is 18.7 Å². The van der Waals surface area contributed by atoms with Crippen LogP contribution in [0.3, 0.4) is 0 Å². The SMILES string of the molecule is Cc1ccc(C(=O)N2CC[C@](C)(C(=O)O)C2)o1. The van der Waals surface area contributed by atoms with Gasteiger partial charge in [-0.05, 0) is 32.4 Å². The van der Waals surface area contributed by atoms with Crippen LogP contribution in [0.2, 0.25) is 0 Å². The van der Waals surface area contributed by atoms with E-state index in [2.05, 4.69) is 0 Å². The Morgan fingerprint density at radius 3 is 2.65 bits per heavy atom. The van der Waals surface area contributed by atoms with Gasteiger partial charge in [0.05, 0.1) is 5.41 Å². The van der Waals surface area contributed by atoms with E-state index in [4.69, 9.17) is 9.52 Å². The minimum absolute atomic E-state index is 0.233. The molecule has 1 aromatic rings. The summed E-state index contributed by atoms with van der Waals surface area (Å²) < 4.78 is 5.25. The van der Waals surface area contributed by atoms with Crippen molar-refractivity contribution in [2.24, 2.45) is 5.41 Å². The first-order chi connectivity index (χ1) is 7.92. The van der Waals surface area contributed by atoms with Crippen LogP contribution in [-0.2, 0) is 4.79 Å². The molecule has 2 heterocycles. The standard InChI is InChI=1S/C12H15NO4/c1-8-3-4-9(17-8)10(14)13-6-5-12(2,7-13)11(15)16/h3-4H,5-7H2,1-2H3,(H,15,16)/t12-/m0/s1. The predicted molar refractivity (Wildman–Crippen MR) is 59.7 cm³/mol. The first-order valence-corrected chi connectivity index (χ1v) is 5.51. The van der Waals surface area contributed by atoms with Gasteiger partial charge < -0.3 is 14.4 Å². The van der Waals surface area contributed by atoms with Gasteiger partial charge >= 0.3 is 5.97 Å². The van der Waals surface area contributed by atoms with Gasteiger partial charge in [0.1, 0.15) is 5.76 Å². The second-order valence-corrected chi connectivity index (χ2v) is 4.75. The molecule has 1 N–H and O–H groups in total. The summed E-state index contributed by atoms with van der Waals surface area (Å²) >= 11 is 0. The minimum atomic E-state index is -0.858. The molecule has 1 saturated heterocycles.